The number of rotatable bonds is 6. The molecule has 0 spiro atoms. The van der Waals surface area contributed by atoms with Crippen LogP contribution in [0.2, 0.25) is 0 Å². The van der Waals surface area contributed by atoms with Crippen LogP contribution in [0.4, 0.5) is 0 Å². The smallest absolute Gasteiger partial charge is 0.120 e. The number of benzene rings is 3. The van der Waals surface area contributed by atoms with E-state index in [1.807, 2.05) is 79.7 Å². The van der Waals surface area contributed by atoms with E-state index in [-0.39, 0.29) is 37.2 Å². The minimum absolute atomic E-state index is 0. The second-order valence-electron chi connectivity index (χ2n) is 11.9. The Morgan fingerprint density at radius 2 is 1.67 bits per heavy atom. The van der Waals surface area contributed by atoms with Crippen LogP contribution in [0.1, 0.15) is 75.4 Å². The average molecular weight is 812 g/mol. The molecule has 1 saturated carbocycles. The minimum Gasteiger partial charge on any atom is -0.501 e. The third-order valence-corrected chi connectivity index (χ3v) is 8.75. The largest absolute Gasteiger partial charge is 0.501 e. The number of fused-ring (bicyclic) bond motifs is 3. The third-order valence-electron chi connectivity index (χ3n) is 8.75. The van der Waals surface area contributed by atoms with Gasteiger partial charge in [0.25, 0.3) is 0 Å². The first-order valence-electron chi connectivity index (χ1n) is 19.1. The summed E-state index contributed by atoms with van der Waals surface area (Å²) >= 11 is 0. The van der Waals surface area contributed by atoms with Crippen molar-refractivity contribution in [1.82, 2.24) is 15.0 Å². The van der Waals surface area contributed by atoms with Crippen LogP contribution >= 0.6 is 0 Å². The Balaban J connectivity index is 0.000000182. The summed E-state index contributed by atoms with van der Waals surface area (Å²) in [6, 6.07) is 34.8. The fourth-order valence-corrected chi connectivity index (χ4v) is 6.19. The molecule has 1 fully saturated rings. The Morgan fingerprint density at radius 3 is 2.48 bits per heavy atom. The minimum atomic E-state index is -2.39. The van der Waals surface area contributed by atoms with Gasteiger partial charge in [-0.05, 0) is 71.5 Å². The van der Waals surface area contributed by atoms with Crippen LogP contribution < -0.4 is 0 Å². The van der Waals surface area contributed by atoms with E-state index >= 15 is 0 Å². The fourth-order valence-electron chi connectivity index (χ4n) is 6.19. The summed E-state index contributed by atoms with van der Waals surface area (Å²) in [6.07, 6.45) is 9.52. The summed E-state index contributed by atoms with van der Waals surface area (Å²) in [4.78, 5) is 12.9. The topological polar surface area (TPSA) is 51.8 Å². The van der Waals surface area contributed by atoms with E-state index in [2.05, 4.69) is 33.2 Å². The second kappa shape index (κ2) is 15.6. The van der Waals surface area contributed by atoms with Crippen molar-refractivity contribution in [3.8, 4) is 22.5 Å². The molecule has 3 aromatic carbocycles. The predicted octanol–water partition coefficient (Wildman–Crippen LogP) is 11.0. The first-order valence-corrected chi connectivity index (χ1v) is 16.1. The number of hydrogen-bond donors (Lipinski definition) is 0. The molecule has 1 aliphatic rings. The van der Waals surface area contributed by atoms with Crippen LogP contribution in [0, 0.1) is 24.9 Å². The van der Waals surface area contributed by atoms with E-state index < -0.39 is 19.1 Å². The van der Waals surface area contributed by atoms with E-state index in [4.69, 9.17) is 12.6 Å². The fraction of sp³-hybridized carbons (Fsp3) is 0.233. The molecule has 48 heavy (non-hydrogen) atoms. The van der Waals surface area contributed by atoms with Gasteiger partial charge in [-0.15, -0.1) is 54.1 Å². The Hall–Kier alpha value is -4.44. The molecule has 0 N–H and O–H groups in total. The van der Waals surface area contributed by atoms with Crippen molar-refractivity contribution >= 4 is 21.9 Å². The van der Waals surface area contributed by atoms with Crippen molar-refractivity contribution in [2.45, 2.75) is 58.1 Å². The summed E-state index contributed by atoms with van der Waals surface area (Å²) in [7, 11) is 0. The Morgan fingerprint density at radius 1 is 0.854 bits per heavy atom. The van der Waals surface area contributed by atoms with Crippen molar-refractivity contribution < 1.29 is 32.7 Å². The van der Waals surface area contributed by atoms with E-state index in [1.165, 1.54) is 6.20 Å². The summed E-state index contributed by atoms with van der Waals surface area (Å²) in [5, 5.41) is 2.12. The number of furan rings is 1. The molecular formula is C43H39IrN3O-2. The van der Waals surface area contributed by atoms with Crippen LogP contribution in [0.3, 0.4) is 0 Å². The van der Waals surface area contributed by atoms with Crippen LogP contribution in [0.25, 0.3) is 44.5 Å². The van der Waals surface area contributed by atoms with E-state index in [0.29, 0.717) is 5.69 Å². The SMILES string of the molecule is [2H]C(C)(c1ccncc1)c1ccnc(-c2[c-]ccc3c2oc2ccccc23)c1.[2H]C([2H])([2H])c1cnc(-c2[c-]cccc2)cc1C([2H])([2H])C1CCCCC1.[Ir]. The molecule has 0 aliphatic heterocycles. The predicted molar refractivity (Wildman–Crippen MR) is 191 cm³/mol. The number of aromatic nitrogens is 3. The molecule has 4 heterocycles. The maximum atomic E-state index is 8.93. The van der Waals surface area contributed by atoms with Gasteiger partial charge < -0.3 is 14.4 Å². The van der Waals surface area contributed by atoms with Gasteiger partial charge in [-0.3, -0.25) is 4.98 Å². The summed E-state index contributed by atoms with van der Waals surface area (Å²) in [5.41, 5.74) is 6.46. The number of nitrogens with zero attached hydrogens (tertiary/aromatic N) is 3. The molecule has 1 radical (unpaired) electrons. The zero-order chi connectivity index (χ0) is 37.2. The molecule has 4 nitrogen and oxygen atoms in total. The second-order valence-corrected chi connectivity index (χ2v) is 11.9. The van der Waals surface area contributed by atoms with Gasteiger partial charge >= 0.3 is 0 Å². The van der Waals surface area contributed by atoms with Crippen LogP contribution in [0.15, 0.2) is 120 Å². The van der Waals surface area contributed by atoms with Gasteiger partial charge in [-0.25, -0.2) is 0 Å². The molecule has 1 atom stereocenters. The summed E-state index contributed by atoms with van der Waals surface area (Å²) in [5.74, 6) is -1.07. The molecular weight excluding hydrogens is 767 g/mol. The standard InChI is InChI=1S/C24H17N2O.C19H22N.Ir/c1-16(17-9-12-25-13-10-17)18-11-14-26-22(15-18)21-7-4-6-20-19-5-2-3-8-23(19)27-24(20)21;1-15-14-20-19(17-10-6-3-7-11-17)13-18(15)12-16-8-4-2-5-9-16;/h2-6,8-16H,1H3;3,6-7,10,13-14,16H,2,4-5,8-9,12H2,1H3;/q2*-1;/i16D;1D3,12D2;. The first-order chi connectivity index (χ1) is 25.4. The number of aryl methyl sites for hydroxylation is 1. The zero-order valence-corrected chi connectivity index (χ0v) is 29.1. The van der Waals surface area contributed by atoms with Crippen molar-refractivity contribution in [1.29, 1.82) is 0 Å². The van der Waals surface area contributed by atoms with Gasteiger partial charge in [0, 0.05) is 64.4 Å². The summed E-state index contributed by atoms with van der Waals surface area (Å²) < 4.78 is 55.9. The Labute approximate surface area is 305 Å². The quantitative estimate of drug-likeness (QED) is 0.157. The number of hydrogen-bond acceptors (Lipinski definition) is 4. The van der Waals surface area contributed by atoms with E-state index in [0.717, 1.165) is 82.0 Å². The molecule has 7 aromatic rings. The average Bonchev–Trinajstić information content (AvgIpc) is 3.58. The Bertz CT molecular complexity index is 2340. The first kappa shape index (κ1) is 26.5. The van der Waals surface area contributed by atoms with Gasteiger partial charge in [0.1, 0.15) is 5.58 Å². The van der Waals surface area contributed by atoms with Gasteiger partial charge in [0.2, 0.25) is 0 Å². The monoisotopic (exact) mass is 812 g/mol. The molecule has 243 valence electrons. The summed E-state index contributed by atoms with van der Waals surface area (Å²) in [6.45, 7) is -0.504. The van der Waals surface area contributed by atoms with Crippen molar-refractivity contribution in [3.05, 3.63) is 150 Å². The van der Waals surface area contributed by atoms with E-state index in [9.17, 15) is 0 Å². The molecule has 0 saturated heterocycles. The molecule has 5 heteroatoms. The van der Waals surface area contributed by atoms with Gasteiger partial charge in [0.05, 0.1) is 5.58 Å². The molecule has 1 aliphatic carbocycles. The maximum Gasteiger partial charge on any atom is 0.120 e. The molecule has 8 rings (SSSR count). The van der Waals surface area contributed by atoms with Gasteiger partial charge in [-0.1, -0.05) is 85.9 Å². The molecule has 0 bridgehead atoms. The van der Waals surface area contributed by atoms with Crippen LogP contribution in [0.5, 0.6) is 0 Å². The van der Waals surface area contributed by atoms with Crippen LogP contribution in [-0.2, 0) is 26.5 Å². The van der Waals surface area contributed by atoms with Gasteiger partial charge in [-0.2, -0.15) is 0 Å². The molecule has 0 amide bonds. The van der Waals surface area contributed by atoms with Crippen LogP contribution in [-0.4, -0.2) is 15.0 Å². The number of pyridine rings is 3. The molecule has 1 unspecified atom stereocenters. The maximum absolute atomic E-state index is 8.93. The normalized spacial score (nSPS) is 16.9. The third kappa shape index (κ3) is 7.49. The van der Waals surface area contributed by atoms with Crippen molar-refractivity contribution in [2.75, 3.05) is 0 Å². The van der Waals surface area contributed by atoms with Gasteiger partial charge in [0.15, 0.2) is 0 Å². The molecule has 4 aromatic heterocycles. The van der Waals surface area contributed by atoms with E-state index in [1.54, 1.807) is 30.7 Å². The number of para-hydroxylation sites is 1. The van der Waals surface area contributed by atoms with Crippen molar-refractivity contribution in [3.63, 3.8) is 0 Å². The van der Waals surface area contributed by atoms with Crippen molar-refractivity contribution in [2.24, 2.45) is 5.92 Å². The zero-order valence-electron chi connectivity index (χ0n) is 32.7. The Kier molecular flexibility index (Phi) is 8.64.